The van der Waals surface area contributed by atoms with Crippen LogP contribution in [0.3, 0.4) is 0 Å². The van der Waals surface area contributed by atoms with E-state index in [4.69, 9.17) is 0 Å². The summed E-state index contributed by atoms with van der Waals surface area (Å²) in [6, 6.07) is 0. The second kappa shape index (κ2) is 5.06. The molecular weight excluding hydrogens is 194 g/mol. The molecule has 0 radical (unpaired) electrons. The first kappa shape index (κ1) is 11.9. The lowest BCUT2D eigenvalue weighted by Gasteiger charge is -2.14. The second-order valence-electron chi connectivity index (χ2n) is 4.93. The lowest BCUT2D eigenvalue weighted by molar-refractivity contribution is 0.650. The molecular formula is C11H21NOS. The fourth-order valence-corrected chi connectivity index (χ4v) is 2.17. The summed E-state index contributed by atoms with van der Waals surface area (Å²) in [4.78, 5) is 0. The maximum absolute atomic E-state index is 11.8. The molecule has 0 aromatic heterocycles. The fourth-order valence-electron chi connectivity index (χ4n) is 1.48. The first-order chi connectivity index (χ1) is 6.50. The van der Waals surface area contributed by atoms with Crippen LogP contribution in [0.25, 0.3) is 0 Å². The van der Waals surface area contributed by atoms with Crippen LogP contribution >= 0.6 is 0 Å². The van der Waals surface area contributed by atoms with E-state index in [2.05, 4.69) is 4.40 Å². The van der Waals surface area contributed by atoms with E-state index in [1.807, 2.05) is 20.8 Å². The molecule has 0 heterocycles. The molecule has 1 saturated carbocycles. The first-order valence-corrected chi connectivity index (χ1v) is 6.59. The Kier molecular flexibility index (Phi) is 4.30. The van der Waals surface area contributed by atoms with E-state index in [-0.39, 0.29) is 4.75 Å². The summed E-state index contributed by atoms with van der Waals surface area (Å²) in [6.45, 7) is 5.93. The molecule has 0 aromatic carbocycles. The summed E-state index contributed by atoms with van der Waals surface area (Å²) in [7, 11) is -1.05. The van der Waals surface area contributed by atoms with E-state index >= 15 is 0 Å². The molecule has 0 aliphatic heterocycles. The number of nitrogens with zero attached hydrogens (tertiary/aromatic N) is 1. The Hall–Kier alpha value is -0.180. The average molecular weight is 215 g/mol. The molecule has 14 heavy (non-hydrogen) atoms. The van der Waals surface area contributed by atoms with Crippen LogP contribution < -0.4 is 0 Å². The van der Waals surface area contributed by atoms with E-state index in [0.717, 1.165) is 12.8 Å². The maximum atomic E-state index is 11.8. The van der Waals surface area contributed by atoms with Gasteiger partial charge in [0, 0.05) is 5.71 Å². The minimum absolute atomic E-state index is 0.209. The molecule has 1 fully saturated rings. The summed E-state index contributed by atoms with van der Waals surface area (Å²) in [5.41, 5.74) is 1.18. The summed E-state index contributed by atoms with van der Waals surface area (Å²) in [5, 5.41) is 0. The lowest BCUT2D eigenvalue weighted by Crippen LogP contribution is -2.20. The van der Waals surface area contributed by atoms with E-state index < -0.39 is 11.0 Å². The van der Waals surface area contributed by atoms with Gasteiger partial charge in [-0.15, -0.1) is 0 Å². The minimum Gasteiger partial charge on any atom is -0.234 e. The molecule has 0 bridgehead atoms. The Morgan fingerprint density at radius 3 is 2.00 bits per heavy atom. The van der Waals surface area contributed by atoms with Gasteiger partial charge in [-0.1, -0.05) is 12.8 Å². The molecule has 2 nitrogen and oxygen atoms in total. The van der Waals surface area contributed by atoms with Crippen molar-refractivity contribution in [2.45, 2.75) is 64.0 Å². The molecule has 3 heteroatoms. The third kappa shape index (κ3) is 3.91. The smallest absolute Gasteiger partial charge is 0.144 e. The molecule has 1 atom stereocenters. The van der Waals surface area contributed by atoms with Gasteiger partial charge in [-0.25, -0.2) is 4.21 Å². The first-order valence-electron chi connectivity index (χ1n) is 5.48. The summed E-state index contributed by atoms with van der Waals surface area (Å²) in [6.07, 6.45) is 7.17. The van der Waals surface area contributed by atoms with Crippen LogP contribution in [0.2, 0.25) is 0 Å². The highest BCUT2D eigenvalue weighted by molar-refractivity contribution is 7.85. The third-order valence-electron chi connectivity index (χ3n) is 2.42. The van der Waals surface area contributed by atoms with Gasteiger partial charge in [0.05, 0.1) is 4.75 Å². The number of hydrogen-bond donors (Lipinski definition) is 0. The van der Waals surface area contributed by atoms with Gasteiger partial charge in [-0.3, -0.25) is 0 Å². The topological polar surface area (TPSA) is 29.4 Å². The highest BCUT2D eigenvalue weighted by atomic mass is 32.2. The van der Waals surface area contributed by atoms with Gasteiger partial charge in [0.15, 0.2) is 0 Å². The van der Waals surface area contributed by atoms with Crippen molar-refractivity contribution in [3.05, 3.63) is 0 Å². The summed E-state index contributed by atoms with van der Waals surface area (Å²) in [5.74, 6) is 0. The molecule has 0 amide bonds. The molecule has 1 rings (SSSR count). The quantitative estimate of drug-likeness (QED) is 0.617. The van der Waals surface area contributed by atoms with Crippen molar-refractivity contribution in [2.75, 3.05) is 0 Å². The van der Waals surface area contributed by atoms with Crippen LogP contribution in [0.5, 0.6) is 0 Å². The molecule has 0 unspecified atom stereocenters. The fraction of sp³-hybridized carbons (Fsp3) is 0.909. The van der Waals surface area contributed by atoms with Crippen LogP contribution in [0.1, 0.15) is 59.3 Å². The number of hydrogen-bond acceptors (Lipinski definition) is 1. The van der Waals surface area contributed by atoms with Gasteiger partial charge in [-0.05, 0) is 46.5 Å². The number of rotatable bonds is 1. The average Bonchev–Trinajstić information content (AvgIpc) is 2.31. The van der Waals surface area contributed by atoms with E-state index in [9.17, 15) is 4.21 Å². The second-order valence-corrected chi connectivity index (χ2v) is 6.84. The zero-order chi connectivity index (χ0) is 10.6. The highest BCUT2D eigenvalue weighted by Crippen LogP contribution is 2.18. The molecule has 1 aliphatic rings. The van der Waals surface area contributed by atoms with Crippen molar-refractivity contribution in [1.29, 1.82) is 0 Å². The van der Waals surface area contributed by atoms with Crippen LogP contribution in [0, 0.1) is 0 Å². The van der Waals surface area contributed by atoms with Crippen molar-refractivity contribution in [1.82, 2.24) is 0 Å². The van der Waals surface area contributed by atoms with Gasteiger partial charge in [-0.2, -0.15) is 4.40 Å². The van der Waals surface area contributed by atoms with Crippen molar-refractivity contribution in [3.63, 3.8) is 0 Å². The standard InChI is InChI=1S/C11H21NOS/c1-11(2,3)14(13)12-10-8-6-4-5-7-9-10/h4-9H2,1-3H3/t14-/m1/s1. The summed E-state index contributed by atoms with van der Waals surface area (Å²) >= 11 is 0. The Labute approximate surface area is 89.8 Å². The van der Waals surface area contributed by atoms with Crippen LogP contribution in [0.4, 0.5) is 0 Å². The van der Waals surface area contributed by atoms with Gasteiger partial charge < -0.3 is 0 Å². The molecule has 0 saturated heterocycles. The van der Waals surface area contributed by atoms with Crippen molar-refractivity contribution < 1.29 is 4.21 Å². The van der Waals surface area contributed by atoms with Crippen LogP contribution in [-0.2, 0) is 11.0 Å². The zero-order valence-electron chi connectivity index (χ0n) is 9.51. The SMILES string of the molecule is CC(C)(C)[S@@](=O)N=C1CCCCCC1. The Bertz CT molecular complexity index is 230. The Morgan fingerprint density at radius 2 is 1.57 bits per heavy atom. The largest absolute Gasteiger partial charge is 0.234 e. The maximum Gasteiger partial charge on any atom is 0.144 e. The molecule has 0 N–H and O–H groups in total. The summed E-state index contributed by atoms with van der Waals surface area (Å²) < 4.78 is 15.9. The predicted octanol–water partition coefficient (Wildman–Crippen LogP) is 3.24. The van der Waals surface area contributed by atoms with Crippen molar-refractivity contribution in [3.8, 4) is 0 Å². The lowest BCUT2D eigenvalue weighted by atomic mass is 10.2. The van der Waals surface area contributed by atoms with Crippen LogP contribution in [-0.4, -0.2) is 14.7 Å². The highest BCUT2D eigenvalue weighted by Gasteiger charge is 2.19. The monoisotopic (exact) mass is 215 g/mol. The van der Waals surface area contributed by atoms with E-state index in [0.29, 0.717) is 0 Å². The van der Waals surface area contributed by atoms with Crippen molar-refractivity contribution >= 4 is 16.7 Å². The van der Waals surface area contributed by atoms with E-state index in [1.165, 1.54) is 31.4 Å². The molecule has 1 aliphatic carbocycles. The van der Waals surface area contributed by atoms with Gasteiger partial charge in [0.25, 0.3) is 0 Å². The van der Waals surface area contributed by atoms with E-state index in [1.54, 1.807) is 0 Å². The molecule has 0 spiro atoms. The third-order valence-corrected chi connectivity index (χ3v) is 3.89. The van der Waals surface area contributed by atoms with Gasteiger partial charge in [0.2, 0.25) is 0 Å². The van der Waals surface area contributed by atoms with Gasteiger partial charge >= 0.3 is 0 Å². The molecule has 82 valence electrons. The normalized spacial score (nSPS) is 21.5. The minimum atomic E-state index is -1.05. The Balaban J connectivity index is 2.61. The van der Waals surface area contributed by atoms with Crippen molar-refractivity contribution in [2.24, 2.45) is 4.40 Å². The van der Waals surface area contributed by atoms with Crippen LogP contribution in [0.15, 0.2) is 4.40 Å². The Morgan fingerprint density at radius 1 is 1.07 bits per heavy atom. The van der Waals surface area contributed by atoms with Gasteiger partial charge in [0.1, 0.15) is 11.0 Å². The predicted molar refractivity (Wildman–Crippen MR) is 63.0 cm³/mol. The zero-order valence-corrected chi connectivity index (χ0v) is 10.3. The molecule has 0 aromatic rings.